The van der Waals surface area contributed by atoms with Gasteiger partial charge in [0.2, 0.25) is 0 Å². The summed E-state index contributed by atoms with van der Waals surface area (Å²) < 4.78 is 0. The number of alkyl halides is 1. The Kier molecular flexibility index (Phi) is 4.26. The van der Waals surface area contributed by atoms with Gasteiger partial charge in [0.15, 0.2) is 5.78 Å². The lowest BCUT2D eigenvalue weighted by atomic mass is 9.45. The Labute approximate surface area is 165 Å². The summed E-state index contributed by atoms with van der Waals surface area (Å²) in [6.07, 6.45) is 10.3. The van der Waals surface area contributed by atoms with Gasteiger partial charge in [-0.2, -0.15) is 0 Å². The largest absolute Gasteiger partial charge is 0.480 e. The Morgan fingerprint density at radius 3 is 2.50 bits per heavy atom. The van der Waals surface area contributed by atoms with Crippen molar-refractivity contribution in [3.63, 3.8) is 0 Å². The van der Waals surface area contributed by atoms with E-state index < -0.39 is 10.8 Å². The molecule has 0 aromatic rings. The molecular formula is C22H31BrO3. The lowest BCUT2D eigenvalue weighted by Crippen LogP contribution is -2.54. The fraction of sp³-hybridized carbons (Fsp3) is 0.818. The summed E-state index contributed by atoms with van der Waals surface area (Å²) in [5.74, 6) is 1.55. The third kappa shape index (κ3) is 2.29. The predicted molar refractivity (Wildman–Crippen MR) is 105 cm³/mol. The second kappa shape index (κ2) is 5.93. The number of fused-ring (bicyclic) bond motifs is 5. The lowest BCUT2D eigenvalue weighted by molar-refractivity contribution is -0.142. The zero-order chi connectivity index (χ0) is 18.9. The standard InChI is InChI=1S/C22H31BrO3/c1-20-9-6-14(24)12-13(20)4-5-15-16(20)7-10-21(2)17(15)8-11-22(21,3)18(23)19(25)26/h12,15-18H,4-11H2,1-3H3,(H,25,26)/t15-,16+,17+,18-,20+,21+,22-/m1/s1. The summed E-state index contributed by atoms with van der Waals surface area (Å²) in [5.41, 5.74) is 1.50. The van der Waals surface area contributed by atoms with Gasteiger partial charge < -0.3 is 5.11 Å². The second-order valence-corrected chi connectivity index (χ2v) is 11.0. The topological polar surface area (TPSA) is 54.4 Å². The van der Waals surface area contributed by atoms with Crippen LogP contribution in [0.1, 0.15) is 72.1 Å². The maximum absolute atomic E-state index is 11.9. The molecule has 0 aromatic heterocycles. The van der Waals surface area contributed by atoms with E-state index in [9.17, 15) is 14.7 Å². The van der Waals surface area contributed by atoms with E-state index in [-0.39, 0.29) is 16.2 Å². The van der Waals surface area contributed by atoms with Crippen molar-refractivity contribution < 1.29 is 14.7 Å². The molecule has 3 saturated carbocycles. The molecule has 1 N–H and O–H groups in total. The number of rotatable bonds is 2. The number of ketones is 1. The average molecular weight is 423 g/mol. The summed E-state index contributed by atoms with van der Waals surface area (Å²) in [7, 11) is 0. The summed E-state index contributed by atoms with van der Waals surface area (Å²) >= 11 is 3.54. The second-order valence-electron chi connectivity index (χ2n) is 10.1. The number of aliphatic carboxylic acids is 1. The Bertz CT molecular complexity index is 685. The van der Waals surface area contributed by atoms with Crippen LogP contribution in [0.25, 0.3) is 0 Å². The molecule has 0 bridgehead atoms. The van der Waals surface area contributed by atoms with Crippen molar-refractivity contribution in [2.75, 3.05) is 0 Å². The fourth-order valence-corrected chi connectivity index (χ4v) is 8.30. The van der Waals surface area contributed by atoms with Crippen LogP contribution in [-0.4, -0.2) is 21.7 Å². The monoisotopic (exact) mass is 422 g/mol. The highest BCUT2D eigenvalue weighted by molar-refractivity contribution is 9.10. The Morgan fingerprint density at radius 1 is 1.12 bits per heavy atom. The smallest absolute Gasteiger partial charge is 0.317 e. The number of carboxylic acid groups (broad SMARTS) is 1. The van der Waals surface area contributed by atoms with Gasteiger partial charge in [-0.25, -0.2) is 0 Å². The number of hydrogen-bond acceptors (Lipinski definition) is 2. The molecule has 4 rings (SSSR count). The molecule has 0 aromatic carbocycles. The number of allylic oxidation sites excluding steroid dienone is 1. The van der Waals surface area contributed by atoms with Gasteiger partial charge in [0.25, 0.3) is 0 Å². The van der Waals surface area contributed by atoms with E-state index in [1.165, 1.54) is 18.4 Å². The van der Waals surface area contributed by atoms with Crippen molar-refractivity contribution in [2.45, 2.75) is 77.0 Å². The van der Waals surface area contributed by atoms with Crippen molar-refractivity contribution in [3.05, 3.63) is 11.6 Å². The van der Waals surface area contributed by atoms with Crippen LogP contribution in [0.5, 0.6) is 0 Å². The fourth-order valence-electron chi connectivity index (χ4n) is 7.55. The zero-order valence-electron chi connectivity index (χ0n) is 16.2. The summed E-state index contributed by atoms with van der Waals surface area (Å²) in [6, 6.07) is 0. The molecule has 0 unspecified atom stereocenters. The molecule has 0 spiro atoms. The number of carbonyl (C=O) groups excluding carboxylic acids is 1. The Balaban J connectivity index is 1.68. The van der Waals surface area contributed by atoms with Gasteiger partial charge in [0, 0.05) is 6.42 Å². The minimum Gasteiger partial charge on any atom is -0.480 e. The van der Waals surface area contributed by atoms with Crippen LogP contribution >= 0.6 is 15.9 Å². The van der Waals surface area contributed by atoms with Crippen LogP contribution < -0.4 is 0 Å². The van der Waals surface area contributed by atoms with Crippen molar-refractivity contribution in [2.24, 2.45) is 34.0 Å². The molecule has 3 nitrogen and oxygen atoms in total. The first kappa shape index (κ1) is 18.7. The minimum absolute atomic E-state index is 0.0861. The number of halogens is 1. The summed E-state index contributed by atoms with van der Waals surface area (Å²) in [5, 5.41) is 9.68. The molecule has 26 heavy (non-hydrogen) atoms. The highest BCUT2D eigenvalue weighted by atomic mass is 79.9. The van der Waals surface area contributed by atoms with Gasteiger partial charge in [-0.3, -0.25) is 9.59 Å². The van der Waals surface area contributed by atoms with Crippen LogP contribution in [0, 0.1) is 34.0 Å². The van der Waals surface area contributed by atoms with E-state index >= 15 is 0 Å². The zero-order valence-corrected chi connectivity index (χ0v) is 17.8. The van der Waals surface area contributed by atoms with E-state index in [2.05, 4.69) is 36.7 Å². The van der Waals surface area contributed by atoms with E-state index in [0.717, 1.165) is 32.1 Å². The van der Waals surface area contributed by atoms with E-state index in [1.807, 2.05) is 6.08 Å². The average Bonchev–Trinajstić information content (AvgIpc) is 2.87. The molecule has 0 saturated heterocycles. The van der Waals surface area contributed by atoms with Gasteiger partial charge in [0.1, 0.15) is 4.83 Å². The molecule has 0 radical (unpaired) electrons. The number of carboxylic acids is 1. The van der Waals surface area contributed by atoms with Gasteiger partial charge in [-0.15, -0.1) is 0 Å². The van der Waals surface area contributed by atoms with Gasteiger partial charge in [-0.1, -0.05) is 42.3 Å². The molecule has 144 valence electrons. The molecule has 0 aliphatic heterocycles. The molecule has 0 heterocycles. The molecule has 4 aliphatic carbocycles. The maximum Gasteiger partial charge on any atom is 0.317 e. The van der Waals surface area contributed by atoms with Crippen LogP contribution in [0.3, 0.4) is 0 Å². The Hall–Kier alpha value is -0.640. The minimum atomic E-state index is -0.719. The van der Waals surface area contributed by atoms with Crippen LogP contribution in [0.15, 0.2) is 11.6 Å². The van der Waals surface area contributed by atoms with Gasteiger partial charge in [-0.05, 0) is 85.0 Å². The predicted octanol–water partition coefficient (Wildman–Crippen LogP) is 5.37. The normalized spacial score (nSPS) is 48.8. The highest BCUT2D eigenvalue weighted by Crippen LogP contribution is 2.71. The van der Waals surface area contributed by atoms with Crippen molar-refractivity contribution >= 4 is 27.7 Å². The molecular weight excluding hydrogens is 392 g/mol. The quantitative estimate of drug-likeness (QED) is 0.608. The van der Waals surface area contributed by atoms with Crippen LogP contribution in [0.4, 0.5) is 0 Å². The van der Waals surface area contributed by atoms with Crippen molar-refractivity contribution in [1.29, 1.82) is 0 Å². The van der Waals surface area contributed by atoms with Gasteiger partial charge in [0.05, 0.1) is 0 Å². The molecule has 4 heteroatoms. The van der Waals surface area contributed by atoms with E-state index in [0.29, 0.717) is 30.0 Å². The van der Waals surface area contributed by atoms with Gasteiger partial charge >= 0.3 is 5.97 Å². The first-order chi connectivity index (χ1) is 12.1. The first-order valence-electron chi connectivity index (χ1n) is 10.2. The van der Waals surface area contributed by atoms with Crippen LogP contribution in [0.2, 0.25) is 0 Å². The number of hydrogen-bond donors (Lipinski definition) is 1. The van der Waals surface area contributed by atoms with Crippen LogP contribution in [-0.2, 0) is 9.59 Å². The third-order valence-corrected chi connectivity index (χ3v) is 10.8. The highest BCUT2D eigenvalue weighted by Gasteiger charge is 2.65. The third-order valence-electron chi connectivity index (χ3n) is 9.41. The molecule has 0 amide bonds. The maximum atomic E-state index is 11.9. The summed E-state index contributed by atoms with van der Waals surface area (Å²) in [4.78, 5) is 23.2. The Morgan fingerprint density at radius 2 is 1.81 bits per heavy atom. The molecule has 7 atom stereocenters. The molecule has 3 fully saturated rings. The SMILES string of the molecule is C[C@]12CCC(=O)C=C1CC[C@@H]1[C@@H]2CC[C@@]2(C)[C@H]1CC[C@]2(C)[C@H](Br)C(=O)O. The van der Waals surface area contributed by atoms with Crippen molar-refractivity contribution in [3.8, 4) is 0 Å². The summed E-state index contributed by atoms with van der Waals surface area (Å²) in [6.45, 7) is 6.98. The van der Waals surface area contributed by atoms with E-state index in [1.54, 1.807) is 0 Å². The lowest BCUT2D eigenvalue weighted by Gasteiger charge is -2.60. The van der Waals surface area contributed by atoms with E-state index in [4.69, 9.17) is 0 Å². The molecule has 4 aliphatic rings. The van der Waals surface area contributed by atoms with Crippen molar-refractivity contribution in [1.82, 2.24) is 0 Å². The number of carbonyl (C=O) groups is 2. The first-order valence-corrected chi connectivity index (χ1v) is 11.2.